The first-order chi connectivity index (χ1) is 13.9. The minimum absolute atomic E-state index is 0.0921. The van der Waals surface area contributed by atoms with Crippen molar-refractivity contribution in [3.63, 3.8) is 0 Å². The summed E-state index contributed by atoms with van der Waals surface area (Å²) in [7, 11) is 1.69. The molecule has 2 aromatic rings. The van der Waals surface area contributed by atoms with Gasteiger partial charge in [0, 0.05) is 43.3 Å². The molecular formula is C24H33N3O2. The van der Waals surface area contributed by atoms with Gasteiger partial charge in [0.05, 0.1) is 7.11 Å². The maximum Gasteiger partial charge on any atom is 0.314 e. The third kappa shape index (κ3) is 5.66. The number of amides is 2. The summed E-state index contributed by atoms with van der Waals surface area (Å²) >= 11 is 0. The summed E-state index contributed by atoms with van der Waals surface area (Å²) in [6.45, 7) is 9.65. The Morgan fingerprint density at radius 1 is 1.17 bits per heavy atom. The maximum absolute atomic E-state index is 12.3. The van der Waals surface area contributed by atoms with Gasteiger partial charge in [0.2, 0.25) is 0 Å². The first-order valence-electron chi connectivity index (χ1n) is 10.4. The van der Waals surface area contributed by atoms with Crippen LogP contribution in [0.2, 0.25) is 0 Å². The molecule has 1 aliphatic rings. The smallest absolute Gasteiger partial charge is 0.314 e. The SMILES string of the molecule is COc1cccc(N2CCC(CNC(=O)NCC(C)(C)c3cccc(C)c3)C2)c1. The van der Waals surface area contributed by atoms with Gasteiger partial charge in [-0.15, -0.1) is 0 Å². The fraction of sp³-hybridized carbons (Fsp3) is 0.458. The fourth-order valence-corrected chi connectivity index (χ4v) is 3.81. The average molecular weight is 396 g/mol. The summed E-state index contributed by atoms with van der Waals surface area (Å²) in [5.41, 5.74) is 3.54. The molecule has 3 rings (SSSR count). The number of methoxy groups -OCH3 is 1. The second kappa shape index (κ2) is 9.21. The first kappa shape index (κ1) is 21.0. The molecule has 2 aromatic carbocycles. The van der Waals surface area contributed by atoms with Crippen LogP contribution in [0.4, 0.5) is 10.5 Å². The fourth-order valence-electron chi connectivity index (χ4n) is 3.81. The lowest BCUT2D eigenvalue weighted by Gasteiger charge is -2.26. The van der Waals surface area contributed by atoms with Crippen LogP contribution in [0.25, 0.3) is 0 Å². The predicted octanol–water partition coefficient (Wildman–Crippen LogP) is 4.11. The molecule has 1 saturated heterocycles. The molecule has 0 radical (unpaired) electrons. The van der Waals surface area contributed by atoms with E-state index in [1.54, 1.807) is 7.11 Å². The van der Waals surface area contributed by atoms with Crippen molar-refractivity contribution in [3.05, 3.63) is 59.7 Å². The molecule has 0 aliphatic carbocycles. The quantitative estimate of drug-likeness (QED) is 0.742. The number of hydrogen-bond donors (Lipinski definition) is 2. The molecule has 0 aromatic heterocycles. The minimum atomic E-state index is -0.111. The van der Waals surface area contributed by atoms with Gasteiger partial charge < -0.3 is 20.3 Å². The van der Waals surface area contributed by atoms with Crippen LogP contribution in [0.3, 0.4) is 0 Å². The van der Waals surface area contributed by atoms with E-state index in [1.807, 2.05) is 12.1 Å². The lowest BCUT2D eigenvalue weighted by atomic mass is 9.84. The molecule has 0 spiro atoms. The van der Waals surface area contributed by atoms with Gasteiger partial charge >= 0.3 is 6.03 Å². The molecule has 2 N–H and O–H groups in total. The van der Waals surface area contributed by atoms with E-state index in [1.165, 1.54) is 16.8 Å². The van der Waals surface area contributed by atoms with Gasteiger partial charge in [-0.25, -0.2) is 4.79 Å². The number of anilines is 1. The molecule has 1 fully saturated rings. The van der Waals surface area contributed by atoms with Crippen LogP contribution in [-0.4, -0.2) is 39.3 Å². The van der Waals surface area contributed by atoms with Crippen LogP contribution >= 0.6 is 0 Å². The number of aryl methyl sites for hydroxylation is 1. The zero-order valence-electron chi connectivity index (χ0n) is 18.0. The Morgan fingerprint density at radius 2 is 1.97 bits per heavy atom. The van der Waals surface area contributed by atoms with Crippen LogP contribution in [-0.2, 0) is 5.41 Å². The second-order valence-corrected chi connectivity index (χ2v) is 8.62. The van der Waals surface area contributed by atoms with Crippen molar-refractivity contribution in [1.82, 2.24) is 10.6 Å². The Kier molecular flexibility index (Phi) is 6.68. The minimum Gasteiger partial charge on any atom is -0.497 e. The number of rotatable bonds is 7. The largest absolute Gasteiger partial charge is 0.497 e. The van der Waals surface area contributed by atoms with E-state index in [-0.39, 0.29) is 11.4 Å². The van der Waals surface area contributed by atoms with Crippen molar-refractivity contribution >= 4 is 11.7 Å². The van der Waals surface area contributed by atoms with Gasteiger partial charge in [0.1, 0.15) is 5.75 Å². The number of ether oxygens (including phenoxy) is 1. The molecule has 156 valence electrons. The Labute approximate surface area is 174 Å². The molecule has 5 nitrogen and oxygen atoms in total. The number of nitrogens with zero attached hydrogens (tertiary/aromatic N) is 1. The molecule has 29 heavy (non-hydrogen) atoms. The predicted molar refractivity (Wildman–Crippen MR) is 119 cm³/mol. The summed E-state index contributed by atoms with van der Waals surface area (Å²) in [6, 6.07) is 16.5. The molecule has 5 heteroatoms. The summed E-state index contributed by atoms with van der Waals surface area (Å²) < 4.78 is 5.32. The van der Waals surface area contributed by atoms with Gasteiger partial charge in [0.15, 0.2) is 0 Å². The number of nitrogens with one attached hydrogen (secondary N) is 2. The van der Waals surface area contributed by atoms with Gasteiger partial charge in [-0.1, -0.05) is 49.7 Å². The van der Waals surface area contributed by atoms with Gasteiger partial charge in [-0.3, -0.25) is 0 Å². The first-order valence-corrected chi connectivity index (χ1v) is 10.4. The van der Waals surface area contributed by atoms with Crippen molar-refractivity contribution in [3.8, 4) is 5.75 Å². The van der Waals surface area contributed by atoms with E-state index < -0.39 is 0 Å². The van der Waals surface area contributed by atoms with Crippen LogP contribution in [0.1, 0.15) is 31.4 Å². The van der Waals surface area contributed by atoms with Crippen LogP contribution < -0.4 is 20.3 Å². The van der Waals surface area contributed by atoms with Gasteiger partial charge in [-0.05, 0) is 37.0 Å². The normalized spacial score (nSPS) is 16.6. The number of carbonyl (C=O) groups is 1. The lowest BCUT2D eigenvalue weighted by molar-refractivity contribution is 0.237. The lowest BCUT2D eigenvalue weighted by Crippen LogP contribution is -2.43. The van der Waals surface area contributed by atoms with E-state index in [2.05, 4.69) is 72.7 Å². The number of benzene rings is 2. The third-order valence-electron chi connectivity index (χ3n) is 5.75. The summed E-state index contributed by atoms with van der Waals surface area (Å²) in [5, 5.41) is 6.10. The third-order valence-corrected chi connectivity index (χ3v) is 5.75. The highest BCUT2D eigenvalue weighted by Gasteiger charge is 2.24. The number of carbonyl (C=O) groups excluding carboxylic acids is 1. The Bertz CT molecular complexity index is 834. The monoisotopic (exact) mass is 395 g/mol. The van der Waals surface area contributed by atoms with E-state index in [0.29, 0.717) is 19.0 Å². The van der Waals surface area contributed by atoms with E-state index in [9.17, 15) is 4.79 Å². The molecule has 1 heterocycles. The van der Waals surface area contributed by atoms with E-state index in [0.717, 1.165) is 25.3 Å². The van der Waals surface area contributed by atoms with Crippen molar-refractivity contribution < 1.29 is 9.53 Å². The van der Waals surface area contributed by atoms with Crippen LogP contribution in [0, 0.1) is 12.8 Å². The standard InChI is InChI=1S/C24H33N3O2/c1-18-7-5-8-20(13-18)24(2,3)17-26-23(28)25-15-19-11-12-27(16-19)21-9-6-10-22(14-21)29-4/h5-10,13-14,19H,11-12,15-17H2,1-4H3,(H2,25,26,28). The van der Waals surface area contributed by atoms with Crippen molar-refractivity contribution in [2.24, 2.45) is 5.92 Å². The second-order valence-electron chi connectivity index (χ2n) is 8.62. The van der Waals surface area contributed by atoms with Gasteiger partial charge in [0.25, 0.3) is 0 Å². The molecule has 2 amide bonds. The molecule has 1 unspecified atom stereocenters. The Morgan fingerprint density at radius 3 is 2.72 bits per heavy atom. The molecule has 1 aliphatic heterocycles. The van der Waals surface area contributed by atoms with E-state index >= 15 is 0 Å². The van der Waals surface area contributed by atoms with Gasteiger partial charge in [-0.2, -0.15) is 0 Å². The molecule has 0 saturated carbocycles. The summed E-state index contributed by atoms with van der Waals surface area (Å²) in [6.07, 6.45) is 1.08. The number of hydrogen-bond acceptors (Lipinski definition) is 3. The highest BCUT2D eigenvalue weighted by molar-refractivity contribution is 5.74. The van der Waals surface area contributed by atoms with E-state index in [4.69, 9.17) is 4.74 Å². The molecule has 1 atom stereocenters. The summed E-state index contributed by atoms with van der Waals surface area (Å²) in [4.78, 5) is 14.7. The summed E-state index contributed by atoms with van der Waals surface area (Å²) in [5.74, 6) is 1.33. The zero-order chi connectivity index (χ0) is 20.9. The highest BCUT2D eigenvalue weighted by Crippen LogP contribution is 2.26. The maximum atomic E-state index is 12.3. The highest BCUT2D eigenvalue weighted by atomic mass is 16.5. The topological polar surface area (TPSA) is 53.6 Å². The Hall–Kier alpha value is -2.69. The van der Waals surface area contributed by atoms with Crippen molar-refractivity contribution in [2.45, 2.75) is 32.6 Å². The van der Waals surface area contributed by atoms with Crippen molar-refractivity contribution in [1.29, 1.82) is 0 Å². The molecular weight excluding hydrogens is 362 g/mol. The van der Waals surface area contributed by atoms with Crippen molar-refractivity contribution in [2.75, 3.05) is 38.2 Å². The van der Waals surface area contributed by atoms with Crippen LogP contribution in [0.5, 0.6) is 5.75 Å². The zero-order valence-corrected chi connectivity index (χ0v) is 18.0. The molecule has 0 bridgehead atoms. The Balaban J connectivity index is 1.44. The average Bonchev–Trinajstić information content (AvgIpc) is 3.20. The van der Waals surface area contributed by atoms with Crippen LogP contribution in [0.15, 0.2) is 48.5 Å². The number of urea groups is 1.